The molecule has 3 aliphatic heterocycles. The van der Waals surface area contributed by atoms with Gasteiger partial charge in [-0.25, -0.2) is 14.6 Å². The molecular weight excluding hydrogens is 770 g/mol. The topological polar surface area (TPSA) is 152 Å². The number of amides is 5. The van der Waals surface area contributed by atoms with E-state index in [1.54, 1.807) is 46.3 Å². The lowest BCUT2D eigenvalue weighted by molar-refractivity contribution is -0.274. The lowest BCUT2D eigenvalue weighted by atomic mass is 10.0. The van der Waals surface area contributed by atoms with Gasteiger partial charge in [-0.3, -0.25) is 14.5 Å². The van der Waals surface area contributed by atoms with Crippen molar-refractivity contribution in [3.05, 3.63) is 54.5 Å². The number of halogens is 3. The Hall–Kier alpha value is -5.32. The van der Waals surface area contributed by atoms with Gasteiger partial charge in [0.2, 0.25) is 11.8 Å². The van der Waals surface area contributed by atoms with Gasteiger partial charge in [0.15, 0.2) is 0 Å². The summed E-state index contributed by atoms with van der Waals surface area (Å²) in [6, 6.07) is 9.83. The first-order chi connectivity index (χ1) is 28.2. The number of nitrogens with one attached hydrogen (secondary N) is 3. The van der Waals surface area contributed by atoms with Crippen LogP contribution < -0.4 is 15.4 Å². The summed E-state index contributed by atoms with van der Waals surface area (Å²) >= 11 is 0. The molecule has 3 saturated heterocycles. The Kier molecular flexibility index (Phi) is 12.4. The standard InChI is InChI=1S/C42H53F3N8O6/c1-25(2)36(49-41(57)58-4)39(55)53-26(3)5-14-34(53)37-46-24-33(48-37)28-8-6-27(7-9-28)32-13-12-30(23-35(32)59-42(43,44)45)47-40(56)52-21-19-50(20-22-52)31-15-17-51(18-16-31)38(54)29-10-11-29/h6-9,12-13,23-26,29,31,34,36H,5,10-11,14-22H2,1-4H3,(H,46,48)(H,47,56)(H,49,57). The fraction of sp³-hybridized carbons (Fsp3) is 0.548. The van der Waals surface area contributed by atoms with Crippen LogP contribution in [0, 0.1) is 11.8 Å². The van der Waals surface area contributed by atoms with Crippen LogP contribution in [0.1, 0.15) is 71.2 Å². The number of alkyl halides is 3. The molecule has 5 amide bonds. The van der Waals surface area contributed by atoms with Gasteiger partial charge in [-0.15, -0.1) is 13.2 Å². The molecule has 4 heterocycles. The Morgan fingerprint density at radius 2 is 1.54 bits per heavy atom. The Labute approximate surface area is 341 Å². The molecule has 1 aromatic heterocycles. The number of urea groups is 1. The number of methoxy groups -OCH3 is 1. The third-order valence-electron chi connectivity index (χ3n) is 12.0. The Balaban J connectivity index is 0.987. The zero-order chi connectivity index (χ0) is 42.0. The van der Waals surface area contributed by atoms with E-state index >= 15 is 0 Å². The monoisotopic (exact) mass is 822 g/mol. The summed E-state index contributed by atoms with van der Waals surface area (Å²) in [5, 5.41) is 5.41. The maximum Gasteiger partial charge on any atom is 0.573 e. The molecule has 3 aromatic rings. The first-order valence-corrected chi connectivity index (χ1v) is 20.5. The molecular formula is C42H53F3N8O6. The minimum Gasteiger partial charge on any atom is -0.453 e. The average molecular weight is 823 g/mol. The molecule has 1 aliphatic carbocycles. The van der Waals surface area contributed by atoms with Crippen LogP contribution in [0.3, 0.4) is 0 Å². The fourth-order valence-corrected chi connectivity index (χ4v) is 8.55. The van der Waals surface area contributed by atoms with Crippen molar-refractivity contribution >= 4 is 29.6 Å². The molecule has 3 unspecified atom stereocenters. The van der Waals surface area contributed by atoms with Crippen LogP contribution in [-0.4, -0.2) is 124 Å². The Morgan fingerprint density at radius 3 is 2.17 bits per heavy atom. The fourth-order valence-electron chi connectivity index (χ4n) is 8.55. The molecule has 3 N–H and O–H groups in total. The van der Waals surface area contributed by atoms with Gasteiger partial charge in [0.25, 0.3) is 0 Å². The molecule has 7 rings (SSSR count). The summed E-state index contributed by atoms with van der Waals surface area (Å²) in [5.41, 5.74) is 2.20. The molecule has 14 nitrogen and oxygen atoms in total. The molecule has 1 saturated carbocycles. The van der Waals surface area contributed by atoms with Crippen molar-refractivity contribution < 1.29 is 41.8 Å². The predicted octanol–water partition coefficient (Wildman–Crippen LogP) is 6.63. The highest BCUT2D eigenvalue weighted by Crippen LogP contribution is 2.39. The van der Waals surface area contributed by atoms with Gasteiger partial charge < -0.3 is 39.8 Å². The lowest BCUT2D eigenvalue weighted by Crippen LogP contribution is -2.55. The van der Waals surface area contributed by atoms with Crippen LogP contribution in [0.5, 0.6) is 5.75 Å². The number of ether oxygens (including phenoxy) is 2. The molecule has 3 atom stereocenters. The van der Waals surface area contributed by atoms with E-state index in [0.717, 1.165) is 50.8 Å². The highest BCUT2D eigenvalue weighted by molar-refractivity contribution is 5.91. The third kappa shape index (κ3) is 9.77. The molecule has 17 heteroatoms. The number of rotatable bonds is 10. The number of carbonyl (C=O) groups excluding carboxylic acids is 4. The highest BCUT2D eigenvalue weighted by Gasteiger charge is 2.41. The van der Waals surface area contributed by atoms with Crippen molar-refractivity contribution in [3.8, 4) is 28.1 Å². The van der Waals surface area contributed by atoms with E-state index in [1.807, 2.05) is 25.7 Å². The summed E-state index contributed by atoms with van der Waals surface area (Å²) < 4.78 is 50.3. The molecule has 0 bridgehead atoms. The van der Waals surface area contributed by atoms with Crippen LogP contribution >= 0.6 is 0 Å². The van der Waals surface area contributed by atoms with E-state index in [4.69, 9.17) is 4.74 Å². The zero-order valence-corrected chi connectivity index (χ0v) is 33.9. The first kappa shape index (κ1) is 41.8. The largest absolute Gasteiger partial charge is 0.573 e. The van der Waals surface area contributed by atoms with Gasteiger partial charge in [0.1, 0.15) is 17.6 Å². The summed E-state index contributed by atoms with van der Waals surface area (Å²) in [4.78, 5) is 67.2. The molecule has 0 radical (unpaired) electrons. The van der Waals surface area contributed by atoms with Crippen molar-refractivity contribution in [2.45, 2.75) is 89.8 Å². The number of anilines is 1. The molecule has 318 valence electrons. The quantitative estimate of drug-likeness (QED) is 0.206. The number of aromatic nitrogens is 2. The molecule has 4 fully saturated rings. The number of benzene rings is 2. The van der Waals surface area contributed by atoms with Gasteiger partial charge in [-0.05, 0) is 74.6 Å². The maximum atomic E-state index is 13.7. The summed E-state index contributed by atoms with van der Waals surface area (Å²) in [6.07, 6.45) is 1.23. The van der Waals surface area contributed by atoms with Crippen LogP contribution in [0.2, 0.25) is 0 Å². The van der Waals surface area contributed by atoms with Crippen molar-refractivity contribution in [2.75, 3.05) is 51.7 Å². The number of piperazine rings is 1. The third-order valence-corrected chi connectivity index (χ3v) is 12.0. The molecule has 2 aromatic carbocycles. The molecule has 59 heavy (non-hydrogen) atoms. The van der Waals surface area contributed by atoms with Gasteiger partial charge in [0, 0.05) is 74.6 Å². The van der Waals surface area contributed by atoms with Crippen LogP contribution in [0.15, 0.2) is 48.7 Å². The second-order valence-electron chi connectivity index (χ2n) is 16.3. The van der Waals surface area contributed by atoms with Crippen molar-refractivity contribution in [3.63, 3.8) is 0 Å². The number of piperidine rings is 1. The van der Waals surface area contributed by atoms with Gasteiger partial charge >= 0.3 is 18.5 Å². The number of hydrogen-bond donors (Lipinski definition) is 3. The maximum absolute atomic E-state index is 13.7. The van der Waals surface area contributed by atoms with Crippen molar-refractivity contribution in [1.82, 2.24) is 34.9 Å². The first-order valence-electron chi connectivity index (χ1n) is 20.5. The SMILES string of the molecule is COC(=O)NC(C(=O)N1C(C)CCC1c1ncc(-c2ccc(-c3ccc(NC(=O)N4CCN(C5CCN(C(=O)C6CC6)CC5)CC4)cc3OC(F)(F)F)cc2)[nH]1)C(C)C. The van der Waals surface area contributed by atoms with E-state index in [1.165, 1.54) is 19.2 Å². The normalized spacial score (nSPS) is 21.1. The number of imidazole rings is 1. The number of nitrogens with zero attached hydrogens (tertiary/aromatic N) is 5. The second kappa shape index (κ2) is 17.5. The van der Waals surface area contributed by atoms with Crippen LogP contribution in [-0.2, 0) is 14.3 Å². The summed E-state index contributed by atoms with van der Waals surface area (Å²) in [5.74, 6) is 0.225. The van der Waals surface area contributed by atoms with Gasteiger partial charge in [-0.2, -0.15) is 0 Å². The second-order valence-corrected chi connectivity index (χ2v) is 16.3. The number of H-pyrrole nitrogens is 1. The van der Waals surface area contributed by atoms with E-state index < -0.39 is 30.3 Å². The van der Waals surface area contributed by atoms with Crippen molar-refractivity contribution in [2.24, 2.45) is 11.8 Å². The number of likely N-dealkylation sites (tertiary alicyclic amines) is 2. The molecule has 0 spiro atoms. The van der Waals surface area contributed by atoms with E-state index in [-0.39, 0.29) is 47.0 Å². The minimum absolute atomic E-state index is 0.0885. The molecule has 4 aliphatic rings. The van der Waals surface area contributed by atoms with Gasteiger partial charge in [-0.1, -0.05) is 38.1 Å². The Morgan fingerprint density at radius 1 is 0.864 bits per heavy atom. The van der Waals surface area contributed by atoms with Crippen LogP contribution in [0.4, 0.5) is 28.4 Å². The van der Waals surface area contributed by atoms with Crippen molar-refractivity contribution in [1.29, 1.82) is 0 Å². The summed E-state index contributed by atoms with van der Waals surface area (Å²) in [7, 11) is 1.25. The Bertz CT molecular complexity index is 1990. The van der Waals surface area contributed by atoms with Gasteiger partial charge in [0.05, 0.1) is 25.0 Å². The van der Waals surface area contributed by atoms with E-state index in [9.17, 15) is 32.3 Å². The predicted molar refractivity (Wildman–Crippen MR) is 213 cm³/mol. The average Bonchev–Trinajstić information content (AvgIpc) is 3.83. The number of alkyl carbamates (subject to hydrolysis) is 1. The number of aromatic amines is 1. The van der Waals surface area contributed by atoms with E-state index in [0.29, 0.717) is 55.7 Å². The smallest absolute Gasteiger partial charge is 0.453 e. The number of carbonyl (C=O) groups is 4. The minimum atomic E-state index is -4.97. The number of hydrogen-bond acceptors (Lipinski definition) is 8. The highest BCUT2D eigenvalue weighted by atomic mass is 19.4. The lowest BCUT2D eigenvalue weighted by Gasteiger charge is -2.42. The summed E-state index contributed by atoms with van der Waals surface area (Å²) in [6.45, 7) is 9.50. The van der Waals surface area contributed by atoms with E-state index in [2.05, 4.69) is 30.2 Å². The van der Waals surface area contributed by atoms with Crippen LogP contribution in [0.25, 0.3) is 22.4 Å². The zero-order valence-electron chi connectivity index (χ0n) is 33.9.